The number of hydrogen-bond donors (Lipinski definition) is 0. The van der Waals surface area contributed by atoms with Crippen molar-refractivity contribution in [3.63, 3.8) is 0 Å². The Morgan fingerprint density at radius 2 is 1.95 bits per heavy atom. The van der Waals surface area contributed by atoms with E-state index in [2.05, 4.69) is 35.9 Å². The number of aromatic nitrogens is 1. The number of rotatable bonds is 2. The second-order valence-electron chi connectivity index (χ2n) is 5.47. The fraction of sp³-hybridized carbons (Fsp3) is 0.438. The lowest BCUT2D eigenvalue weighted by Gasteiger charge is -2.27. The van der Waals surface area contributed by atoms with Crippen LogP contribution in [0.25, 0.3) is 10.9 Å². The number of benzene rings is 1. The van der Waals surface area contributed by atoms with Gasteiger partial charge in [0, 0.05) is 25.0 Å². The number of nitrogens with zero attached hydrogens (tertiary/aromatic N) is 2. The molecule has 0 spiro atoms. The Hall–Kier alpha value is -1.16. The molecule has 1 aliphatic heterocycles. The van der Waals surface area contributed by atoms with Gasteiger partial charge in [0.1, 0.15) is 5.15 Å². The van der Waals surface area contributed by atoms with E-state index in [-0.39, 0.29) is 0 Å². The lowest BCUT2D eigenvalue weighted by Crippen LogP contribution is -2.35. The van der Waals surface area contributed by atoms with E-state index >= 15 is 0 Å². The Kier molecular flexibility index (Phi) is 3.92. The number of morpholine rings is 1. The van der Waals surface area contributed by atoms with Gasteiger partial charge in [-0.3, -0.25) is 4.90 Å². The molecule has 1 fully saturated rings. The van der Waals surface area contributed by atoms with Crippen molar-refractivity contribution in [2.45, 2.75) is 20.4 Å². The van der Waals surface area contributed by atoms with Gasteiger partial charge in [-0.1, -0.05) is 23.2 Å². The number of pyridine rings is 1. The van der Waals surface area contributed by atoms with Crippen LogP contribution in [0.15, 0.2) is 18.2 Å². The Morgan fingerprint density at radius 1 is 1.20 bits per heavy atom. The molecule has 3 nitrogen and oxygen atoms in total. The molecule has 2 heterocycles. The van der Waals surface area contributed by atoms with Crippen LogP contribution >= 0.6 is 11.6 Å². The van der Waals surface area contributed by atoms with E-state index in [1.54, 1.807) is 0 Å². The second kappa shape index (κ2) is 5.68. The first-order valence-electron chi connectivity index (χ1n) is 7.00. The van der Waals surface area contributed by atoms with Crippen LogP contribution in [-0.2, 0) is 11.3 Å². The van der Waals surface area contributed by atoms with Crippen molar-refractivity contribution in [2.24, 2.45) is 0 Å². The summed E-state index contributed by atoms with van der Waals surface area (Å²) in [6, 6.07) is 6.36. The zero-order chi connectivity index (χ0) is 14.1. The summed E-state index contributed by atoms with van der Waals surface area (Å²) in [5.74, 6) is 0. The predicted octanol–water partition coefficient (Wildman–Crippen LogP) is 3.34. The minimum atomic E-state index is 0.577. The van der Waals surface area contributed by atoms with Gasteiger partial charge in [0.2, 0.25) is 0 Å². The van der Waals surface area contributed by atoms with Crippen molar-refractivity contribution in [1.82, 2.24) is 9.88 Å². The average molecular weight is 291 g/mol. The van der Waals surface area contributed by atoms with Gasteiger partial charge in [0.15, 0.2) is 0 Å². The van der Waals surface area contributed by atoms with E-state index in [0.717, 1.165) is 38.4 Å². The largest absolute Gasteiger partial charge is 0.379 e. The lowest BCUT2D eigenvalue weighted by molar-refractivity contribution is 0.0343. The Labute approximate surface area is 124 Å². The first kappa shape index (κ1) is 13.8. The van der Waals surface area contributed by atoms with Crippen LogP contribution in [0.3, 0.4) is 0 Å². The average Bonchev–Trinajstić information content (AvgIpc) is 2.41. The molecule has 1 aromatic heterocycles. The first-order valence-corrected chi connectivity index (χ1v) is 7.38. The number of fused-ring (bicyclic) bond motifs is 1. The highest BCUT2D eigenvalue weighted by Crippen LogP contribution is 2.26. The van der Waals surface area contributed by atoms with E-state index in [4.69, 9.17) is 16.3 Å². The summed E-state index contributed by atoms with van der Waals surface area (Å²) < 4.78 is 5.41. The van der Waals surface area contributed by atoms with Crippen molar-refractivity contribution in [1.29, 1.82) is 0 Å². The number of halogens is 1. The molecule has 20 heavy (non-hydrogen) atoms. The summed E-state index contributed by atoms with van der Waals surface area (Å²) in [5.41, 5.74) is 4.73. The van der Waals surface area contributed by atoms with Crippen LogP contribution in [0, 0.1) is 13.8 Å². The van der Waals surface area contributed by atoms with Crippen LogP contribution in [0.2, 0.25) is 5.15 Å². The smallest absolute Gasteiger partial charge is 0.130 e. The maximum absolute atomic E-state index is 6.20. The molecule has 0 bridgehead atoms. The van der Waals surface area contributed by atoms with Crippen molar-refractivity contribution < 1.29 is 4.74 Å². The Bertz CT molecular complexity index is 636. The third-order valence-corrected chi connectivity index (χ3v) is 3.99. The zero-order valence-corrected chi connectivity index (χ0v) is 12.7. The highest BCUT2D eigenvalue weighted by atomic mass is 35.5. The van der Waals surface area contributed by atoms with E-state index in [0.29, 0.717) is 5.15 Å². The van der Waals surface area contributed by atoms with E-state index < -0.39 is 0 Å². The van der Waals surface area contributed by atoms with Crippen molar-refractivity contribution >= 4 is 22.5 Å². The van der Waals surface area contributed by atoms with E-state index in [1.165, 1.54) is 22.1 Å². The number of aryl methyl sites for hydroxylation is 2. The van der Waals surface area contributed by atoms with Crippen molar-refractivity contribution in [3.05, 3.63) is 40.0 Å². The molecule has 0 atom stereocenters. The van der Waals surface area contributed by atoms with Crippen LogP contribution in [0.1, 0.15) is 16.7 Å². The fourth-order valence-electron chi connectivity index (χ4n) is 2.84. The van der Waals surface area contributed by atoms with Crippen molar-refractivity contribution in [3.8, 4) is 0 Å². The minimum absolute atomic E-state index is 0.577. The predicted molar refractivity (Wildman–Crippen MR) is 82.3 cm³/mol. The second-order valence-corrected chi connectivity index (χ2v) is 5.86. The maximum Gasteiger partial charge on any atom is 0.130 e. The fourth-order valence-corrected chi connectivity index (χ4v) is 3.06. The molecule has 2 aromatic rings. The standard InChI is InChI=1S/C16H19ClN2O/c1-11-7-12(2)16-14(8-11)13(9-15(17)18-16)10-19-3-5-20-6-4-19/h7-9H,3-6,10H2,1-2H3. The topological polar surface area (TPSA) is 25.4 Å². The molecule has 0 radical (unpaired) electrons. The van der Waals surface area contributed by atoms with Crippen LogP contribution in [-0.4, -0.2) is 36.2 Å². The van der Waals surface area contributed by atoms with E-state index in [9.17, 15) is 0 Å². The summed E-state index contributed by atoms with van der Waals surface area (Å²) in [6.45, 7) is 8.71. The summed E-state index contributed by atoms with van der Waals surface area (Å²) >= 11 is 6.20. The summed E-state index contributed by atoms with van der Waals surface area (Å²) in [6.07, 6.45) is 0. The molecule has 1 aliphatic rings. The third kappa shape index (κ3) is 2.80. The van der Waals surface area contributed by atoms with Gasteiger partial charge in [-0.25, -0.2) is 4.98 Å². The number of hydrogen-bond acceptors (Lipinski definition) is 3. The molecule has 1 aromatic carbocycles. The summed E-state index contributed by atoms with van der Waals surface area (Å²) in [4.78, 5) is 6.90. The van der Waals surface area contributed by atoms with Crippen LogP contribution in [0.5, 0.6) is 0 Å². The number of ether oxygens (including phenoxy) is 1. The highest BCUT2D eigenvalue weighted by Gasteiger charge is 2.14. The quantitative estimate of drug-likeness (QED) is 0.793. The van der Waals surface area contributed by atoms with Gasteiger partial charge >= 0.3 is 0 Å². The molecule has 106 valence electrons. The Morgan fingerprint density at radius 3 is 2.70 bits per heavy atom. The van der Waals surface area contributed by atoms with Gasteiger partial charge in [-0.15, -0.1) is 0 Å². The van der Waals surface area contributed by atoms with Gasteiger partial charge in [-0.2, -0.15) is 0 Å². The van der Waals surface area contributed by atoms with Crippen molar-refractivity contribution in [2.75, 3.05) is 26.3 Å². The molecule has 0 N–H and O–H groups in total. The summed E-state index contributed by atoms with van der Waals surface area (Å²) in [5, 5.41) is 1.80. The first-order chi connectivity index (χ1) is 9.63. The SMILES string of the molecule is Cc1cc(C)c2nc(Cl)cc(CN3CCOCC3)c2c1. The van der Waals surface area contributed by atoms with Gasteiger partial charge in [-0.05, 0) is 37.1 Å². The lowest BCUT2D eigenvalue weighted by atomic mass is 10.0. The van der Waals surface area contributed by atoms with E-state index in [1.807, 2.05) is 6.07 Å². The molecular weight excluding hydrogens is 272 g/mol. The molecular formula is C16H19ClN2O. The van der Waals surface area contributed by atoms with Gasteiger partial charge < -0.3 is 4.74 Å². The highest BCUT2D eigenvalue weighted by molar-refractivity contribution is 6.30. The zero-order valence-electron chi connectivity index (χ0n) is 11.9. The molecule has 0 unspecified atom stereocenters. The monoisotopic (exact) mass is 290 g/mol. The maximum atomic E-state index is 6.20. The minimum Gasteiger partial charge on any atom is -0.379 e. The Balaban J connectivity index is 2.04. The molecule has 0 amide bonds. The van der Waals surface area contributed by atoms with Gasteiger partial charge in [0.25, 0.3) is 0 Å². The van der Waals surface area contributed by atoms with Gasteiger partial charge in [0.05, 0.1) is 18.7 Å². The molecule has 0 aliphatic carbocycles. The normalized spacial score (nSPS) is 16.8. The molecule has 0 saturated carbocycles. The molecule has 3 rings (SSSR count). The van der Waals surface area contributed by atoms with Crippen LogP contribution < -0.4 is 0 Å². The third-order valence-electron chi connectivity index (χ3n) is 3.80. The molecule has 1 saturated heterocycles. The summed E-state index contributed by atoms with van der Waals surface area (Å²) in [7, 11) is 0. The van der Waals surface area contributed by atoms with Crippen LogP contribution in [0.4, 0.5) is 0 Å². The molecule has 4 heteroatoms.